The molecule has 0 spiro atoms. The smallest absolute Gasteiger partial charge is 0.253 e. The van der Waals surface area contributed by atoms with E-state index in [2.05, 4.69) is 25.1 Å². The average Bonchev–Trinajstić information content (AvgIpc) is 3.03. The second-order valence-electron chi connectivity index (χ2n) is 6.83. The van der Waals surface area contributed by atoms with Crippen LogP contribution in [0.1, 0.15) is 22.3 Å². The lowest BCUT2D eigenvalue weighted by Crippen LogP contribution is -2.40. The molecule has 132 valence electrons. The topological polar surface area (TPSA) is 32.8 Å². The van der Waals surface area contributed by atoms with Crippen LogP contribution in [0.5, 0.6) is 5.75 Å². The van der Waals surface area contributed by atoms with Gasteiger partial charge < -0.3 is 14.5 Å². The Kier molecular flexibility index (Phi) is 5.71. The highest BCUT2D eigenvalue weighted by Crippen LogP contribution is 2.28. The first kappa shape index (κ1) is 17.5. The molecule has 0 saturated heterocycles. The molecule has 0 radical (unpaired) electrons. The minimum absolute atomic E-state index is 0.0319. The van der Waals surface area contributed by atoms with Crippen molar-refractivity contribution in [2.75, 3.05) is 33.7 Å². The number of fused-ring (bicyclic) bond motifs is 1. The van der Waals surface area contributed by atoms with Crippen molar-refractivity contribution in [2.45, 2.75) is 18.9 Å². The number of hydrogen-bond acceptors (Lipinski definition) is 3. The molecule has 1 aliphatic rings. The number of nitrogens with zero attached hydrogens (tertiary/aromatic N) is 2. The van der Waals surface area contributed by atoms with Gasteiger partial charge in [0.15, 0.2) is 0 Å². The summed E-state index contributed by atoms with van der Waals surface area (Å²) in [7, 11) is 4.11. The van der Waals surface area contributed by atoms with Gasteiger partial charge in [0.05, 0.1) is 6.54 Å². The molecule has 1 amide bonds. The van der Waals surface area contributed by atoms with Crippen LogP contribution in [0.4, 0.5) is 0 Å². The highest BCUT2D eigenvalue weighted by Gasteiger charge is 2.26. The first-order valence-corrected chi connectivity index (χ1v) is 8.87. The number of ether oxygens (including phenoxy) is 1. The molecule has 0 saturated carbocycles. The van der Waals surface area contributed by atoms with Crippen molar-refractivity contribution in [3.05, 3.63) is 65.7 Å². The lowest BCUT2D eigenvalue weighted by molar-refractivity contribution is 0.0672. The second-order valence-corrected chi connectivity index (χ2v) is 6.83. The quantitative estimate of drug-likeness (QED) is 0.778. The molecule has 1 aliphatic heterocycles. The minimum atomic E-state index is 0.0319. The minimum Gasteiger partial charge on any atom is -0.488 e. The normalized spacial score (nSPS) is 15.7. The lowest BCUT2D eigenvalue weighted by Gasteiger charge is -2.26. The van der Waals surface area contributed by atoms with Crippen LogP contribution in [0.2, 0.25) is 0 Å². The summed E-state index contributed by atoms with van der Waals surface area (Å²) in [6.45, 7) is 2.32. The van der Waals surface area contributed by atoms with E-state index in [1.54, 1.807) is 0 Å². The summed E-state index contributed by atoms with van der Waals surface area (Å²) >= 11 is 0. The zero-order valence-electron chi connectivity index (χ0n) is 15.0. The Morgan fingerprint density at radius 2 is 1.76 bits per heavy atom. The third-order valence-corrected chi connectivity index (χ3v) is 4.48. The van der Waals surface area contributed by atoms with E-state index in [1.165, 1.54) is 5.56 Å². The molecule has 1 atom stereocenters. The predicted octanol–water partition coefficient (Wildman–Crippen LogP) is 3.08. The summed E-state index contributed by atoms with van der Waals surface area (Å²) in [4.78, 5) is 17.0. The lowest BCUT2D eigenvalue weighted by atomic mass is 10.1. The Bertz CT molecular complexity index is 675. The standard InChI is InChI=1S/C21H26N2O2/c1-22(2)13-8-14-23(21(24)17-9-4-3-5-10-17)16-19-15-18-11-6-7-12-20(18)25-19/h3-7,9-12,19H,8,13-16H2,1-2H3/t19-/m1/s1. The Morgan fingerprint density at radius 3 is 2.48 bits per heavy atom. The number of amides is 1. The SMILES string of the molecule is CN(C)CCCN(C[C@H]1Cc2ccccc2O1)C(=O)c1ccccc1. The second kappa shape index (κ2) is 8.17. The van der Waals surface area contributed by atoms with Gasteiger partial charge in [-0.05, 0) is 50.8 Å². The average molecular weight is 338 g/mol. The fraction of sp³-hybridized carbons (Fsp3) is 0.381. The third-order valence-electron chi connectivity index (χ3n) is 4.48. The molecular weight excluding hydrogens is 312 g/mol. The maximum atomic E-state index is 12.9. The summed E-state index contributed by atoms with van der Waals surface area (Å²) in [6.07, 6.45) is 1.85. The molecule has 0 aliphatic carbocycles. The van der Waals surface area contributed by atoms with Crippen LogP contribution >= 0.6 is 0 Å². The van der Waals surface area contributed by atoms with E-state index >= 15 is 0 Å². The predicted molar refractivity (Wildman–Crippen MR) is 100 cm³/mol. The van der Waals surface area contributed by atoms with Gasteiger partial charge in [0, 0.05) is 18.5 Å². The highest BCUT2D eigenvalue weighted by molar-refractivity contribution is 5.94. The maximum Gasteiger partial charge on any atom is 0.253 e. The van der Waals surface area contributed by atoms with Crippen molar-refractivity contribution in [2.24, 2.45) is 0 Å². The van der Waals surface area contributed by atoms with Crippen LogP contribution in [0, 0.1) is 0 Å². The van der Waals surface area contributed by atoms with Crippen molar-refractivity contribution in [3.8, 4) is 5.75 Å². The Labute approximate surface area is 150 Å². The van der Waals surface area contributed by atoms with Crippen LogP contribution < -0.4 is 4.74 Å². The van der Waals surface area contributed by atoms with Crippen molar-refractivity contribution in [1.82, 2.24) is 9.80 Å². The van der Waals surface area contributed by atoms with Crippen LogP contribution in [0.15, 0.2) is 54.6 Å². The summed E-state index contributed by atoms with van der Waals surface area (Å²) in [5, 5.41) is 0. The number of benzene rings is 2. The van der Waals surface area contributed by atoms with Gasteiger partial charge in [-0.3, -0.25) is 4.79 Å². The molecule has 4 nitrogen and oxygen atoms in total. The molecule has 3 rings (SSSR count). The first-order chi connectivity index (χ1) is 12.1. The third kappa shape index (κ3) is 4.60. The molecular formula is C21H26N2O2. The Hall–Kier alpha value is -2.33. The first-order valence-electron chi connectivity index (χ1n) is 8.87. The van der Waals surface area contributed by atoms with E-state index in [0.717, 1.165) is 37.2 Å². The summed E-state index contributed by atoms with van der Waals surface area (Å²) in [6, 6.07) is 17.6. The maximum absolute atomic E-state index is 12.9. The van der Waals surface area contributed by atoms with Crippen LogP contribution in [-0.4, -0.2) is 55.5 Å². The van der Waals surface area contributed by atoms with Gasteiger partial charge >= 0.3 is 0 Å². The van der Waals surface area contributed by atoms with E-state index < -0.39 is 0 Å². The number of carbonyl (C=O) groups excluding carboxylic acids is 1. The Balaban J connectivity index is 1.67. The van der Waals surface area contributed by atoms with Crippen LogP contribution in [0.25, 0.3) is 0 Å². The molecule has 0 bridgehead atoms. The molecule has 2 aromatic rings. The van der Waals surface area contributed by atoms with Crippen LogP contribution in [-0.2, 0) is 6.42 Å². The van der Waals surface area contributed by atoms with Gasteiger partial charge in [0.1, 0.15) is 11.9 Å². The van der Waals surface area contributed by atoms with Gasteiger partial charge in [-0.2, -0.15) is 0 Å². The highest BCUT2D eigenvalue weighted by atomic mass is 16.5. The van der Waals surface area contributed by atoms with Gasteiger partial charge in [-0.15, -0.1) is 0 Å². The van der Waals surface area contributed by atoms with E-state index in [4.69, 9.17) is 4.74 Å². The molecule has 4 heteroatoms. The van der Waals surface area contributed by atoms with Crippen molar-refractivity contribution in [1.29, 1.82) is 0 Å². The number of rotatable bonds is 7. The monoisotopic (exact) mass is 338 g/mol. The van der Waals surface area contributed by atoms with Crippen molar-refractivity contribution < 1.29 is 9.53 Å². The molecule has 0 aromatic heterocycles. The summed E-state index contributed by atoms with van der Waals surface area (Å²) < 4.78 is 6.05. The van der Waals surface area contributed by atoms with E-state index in [-0.39, 0.29) is 12.0 Å². The summed E-state index contributed by atoms with van der Waals surface area (Å²) in [5.41, 5.74) is 1.97. The van der Waals surface area contributed by atoms with Gasteiger partial charge in [-0.1, -0.05) is 36.4 Å². The fourth-order valence-electron chi connectivity index (χ4n) is 3.22. The van der Waals surface area contributed by atoms with E-state index in [0.29, 0.717) is 6.54 Å². The van der Waals surface area contributed by atoms with Crippen LogP contribution in [0.3, 0.4) is 0 Å². The number of carbonyl (C=O) groups is 1. The summed E-state index contributed by atoms with van der Waals surface area (Å²) in [5.74, 6) is 1.03. The molecule has 0 fully saturated rings. The van der Waals surface area contributed by atoms with Crippen molar-refractivity contribution >= 4 is 5.91 Å². The molecule has 0 N–H and O–H groups in total. The Morgan fingerprint density at radius 1 is 1.04 bits per heavy atom. The largest absolute Gasteiger partial charge is 0.488 e. The van der Waals surface area contributed by atoms with Gasteiger partial charge in [0.2, 0.25) is 0 Å². The molecule has 1 heterocycles. The van der Waals surface area contributed by atoms with Crippen molar-refractivity contribution in [3.63, 3.8) is 0 Å². The molecule has 2 aromatic carbocycles. The molecule has 0 unspecified atom stereocenters. The van der Waals surface area contributed by atoms with Gasteiger partial charge in [0.25, 0.3) is 5.91 Å². The number of para-hydroxylation sites is 1. The zero-order valence-corrected chi connectivity index (χ0v) is 15.0. The fourth-order valence-corrected chi connectivity index (χ4v) is 3.22. The molecule has 25 heavy (non-hydrogen) atoms. The zero-order chi connectivity index (χ0) is 17.6. The van der Waals surface area contributed by atoms with E-state index in [9.17, 15) is 4.79 Å². The van der Waals surface area contributed by atoms with Gasteiger partial charge in [-0.25, -0.2) is 0 Å². The van der Waals surface area contributed by atoms with E-state index in [1.807, 2.05) is 53.4 Å². The number of hydrogen-bond donors (Lipinski definition) is 0.